The van der Waals surface area contributed by atoms with Gasteiger partial charge in [-0.25, -0.2) is 0 Å². The molecule has 0 spiro atoms. The van der Waals surface area contributed by atoms with Gasteiger partial charge in [-0.1, -0.05) is 24.3 Å². The van der Waals surface area contributed by atoms with E-state index >= 15 is 0 Å². The monoisotopic (exact) mass is 506 g/mol. The number of aryl methyl sites for hydroxylation is 2. The van der Waals surface area contributed by atoms with Crippen molar-refractivity contribution in [2.24, 2.45) is 0 Å². The molecule has 2 heteroatoms. The van der Waals surface area contributed by atoms with E-state index in [0.717, 1.165) is 13.1 Å². The standard InChI is InChI=1S/C37H34N2/c1-2-16-38-34-12-4-22-18-30(34)31-19-23(5-13-35(31)38)27-9-11-29(27)25-7-15-37-33(21-25)32-20-24(28-10-8-26(22)28)6-14-36(32)39(37)17-3-1/h4-7,12-15,18-21,26-29H,1-3,8-11,16-17H2/t26-,27-,28+,29+. The molecule has 4 atom stereocenters. The molecule has 0 N–H and O–H groups in total. The van der Waals surface area contributed by atoms with Crippen LogP contribution in [0.1, 0.15) is 90.9 Å². The van der Waals surface area contributed by atoms with Crippen molar-refractivity contribution in [1.29, 1.82) is 0 Å². The molecule has 2 nitrogen and oxygen atoms in total. The molecule has 4 aromatic carbocycles. The van der Waals surface area contributed by atoms with E-state index in [-0.39, 0.29) is 0 Å². The third-order valence-electron chi connectivity index (χ3n) is 11.4. The van der Waals surface area contributed by atoms with Crippen LogP contribution >= 0.6 is 0 Å². The summed E-state index contributed by atoms with van der Waals surface area (Å²) in [6.07, 6.45) is 8.90. The Bertz CT molecular complexity index is 1710. The van der Waals surface area contributed by atoms with Crippen molar-refractivity contribution in [2.75, 3.05) is 0 Å². The van der Waals surface area contributed by atoms with Crippen LogP contribution in [0, 0.1) is 0 Å². The van der Waals surface area contributed by atoms with Crippen LogP contribution in [0.25, 0.3) is 43.6 Å². The van der Waals surface area contributed by atoms with Crippen LogP contribution in [0.2, 0.25) is 0 Å². The van der Waals surface area contributed by atoms with Gasteiger partial charge in [-0.05, 0) is 139 Å². The maximum absolute atomic E-state index is 2.64. The maximum atomic E-state index is 2.64. The van der Waals surface area contributed by atoms with Crippen LogP contribution in [0.5, 0.6) is 0 Å². The van der Waals surface area contributed by atoms with Gasteiger partial charge in [0.25, 0.3) is 0 Å². The third kappa shape index (κ3) is 2.78. The van der Waals surface area contributed by atoms with Crippen LogP contribution in [0.3, 0.4) is 0 Å². The molecule has 0 radical (unpaired) electrons. The lowest BCUT2D eigenvalue weighted by Crippen LogP contribution is -2.22. The van der Waals surface area contributed by atoms with Crippen molar-refractivity contribution in [3.63, 3.8) is 0 Å². The van der Waals surface area contributed by atoms with E-state index in [4.69, 9.17) is 0 Å². The van der Waals surface area contributed by atoms with E-state index in [1.807, 2.05) is 0 Å². The van der Waals surface area contributed by atoms with Crippen molar-refractivity contribution < 1.29 is 0 Å². The second kappa shape index (κ2) is 7.56. The van der Waals surface area contributed by atoms with E-state index in [9.17, 15) is 0 Å². The van der Waals surface area contributed by atoms with Gasteiger partial charge in [0.1, 0.15) is 0 Å². The largest absolute Gasteiger partial charge is 0.340 e. The van der Waals surface area contributed by atoms with Crippen molar-refractivity contribution in [3.05, 3.63) is 95.1 Å². The zero-order chi connectivity index (χ0) is 25.2. The van der Waals surface area contributed by atoms with E-state index in [1.54, 1.807) is 22.3 Å². The predicted molar refractivity (Wildman–Crippen MR) is 162 cm³/mol. The highest BCUT2D eigenvalue weighted by atomic mass is 15.0. The summed E-state index contributed by atoms with van der Waals surface area (Å²) in [6, 6.07) is 30.1. The first-order valence-corrected chi connectivity index (χ1v) is 15.4. The first-order chi connectivity index (χ1) is 19.3. The molecule has 4 aliphatic heterocycles. The van der Waals surface area contributed by atoms with Gasteiger partial charge >= 0.3 is 0 Å². The van der Waals surface area contributed by atoms with E-state index in [1.165, 1.54) is 88.6 Å². The minimum atomic E-state index is 0.622. The van der Waals surface area contributed by atoms with Gasteiger partial charge in [0, 0.05) is 56.7 Å². The molecule has 192 valence electrons. The fraction of sp³-hybridized carbons (Fsp3) is 0.351. The molecule has 7 aliphatic rings. The SMILES string of the molecule is c1cc2c3cc1[C@H]1CC[C@H]1c1ccc4c(c1)c1cc5ccc1n4CCCCCn2c1ccc(cc31)[C@H]1CC[C@@H]51. The van der Waals surface area contributed by atoms with Gasteiger partial charge in [0.2, 0.25) is 0 Å². The van der Waals surface area contributed by atoms with Gasteiger partial charge in [0.15, 0.2) is 0 Å². The molecule has 6 aromatic rings. The quantitative estimate of drug-likeness (QED) is 0.194. The lowest BCUT2D eigenvalue weighted by molar-refractivity contribution is 0.347. The molecule has 39 heavy (non-hydrogen) atoms. The average molecular weight is 507 g/mol. The molecule has 2 fully saturated rings. The van der Waals surface area contributed by atoms with Crippen molar-refractivity contribution in [3.8, 4) is 0 Å². The number of aromatic nitrogens is 2. The molecular weight excluding hydrogens is 472 g/mol. The zero-order valence-electron chi connectivity index (χ0n) is 22.5. The van der Waals surface area contributed by atoms with Gasteiger partial charge in [0.05, 0.1) is 0 Å². The molecule has 13 rings (SSSR count). The topological polar surface area (TPSA) is 9.86 Å². The van der Waals surface area contributed by atoms with Crippen LogP contribution in [0.15, 0.2) is 72.8 Å². The number of nitrogens with zero attached hydrogens (tertiary/aromatic N) is 2. The Kier molecular flexibility index (Phi) is 4.14. The highest BCUT2D eigenvalue weighted by Gasteiger charge is 2.36. The summed E-state index contributed by atoms with van der Waals surface area (Å²) in [4.78, 5) is 0. The number of hydrogen-bond donors (Lipinski definition) is 0. The smallest absolute Gasteiger partial charge is 0.0491 e. The number of fused-ring (bicyclic) bond motifs is 2. The summed E-state index contributed by atoms with van der Waals surface area (Å²) in [5.74, 6) is 2.49. The molecule has 0 unspecified atom stereocenters. The Morgan fingerprint density at radius 3 is 0.974 bits per heavy atom. The second-order valence-electron chi connectivity index (χ2n) is 13.1. The van der Waals surface area contributed by atoms with Crippen molar-refractivity contribution >= 4 is 43.6 Å². The number of benzene rings is 4. The molecular formula is C37H34N2. The van der Waals surface area contributed by atoms with Crippen molar-refractivity contribution in [2.45, 2.75) is 81.7 Å². The first-order valence-electron chi connectivity index (χ1n) is 15.4. The average Bonchev–Trinajstić information content (AvgIpc) is 3.38. The maximum Gasteiger partial charge on any atom is 0.0491 e. The van der Waals surface area contributed by atoms with Gasteiger partial charge < -0.3 is 9.13 Å². The lowest BCUT2D eigenvalue weighted by atomic mass is 9.66. The zero-order valence-corrected chi connectivity index (χ0v) is 22.5. The molecule has 3 aliphatic carbocycles. The minimum absolute atomic E-state index is 0.622. The molecule has 6 heterocycles. The van der Waals surface area contributed by atoms with Gasteiger partial charge in [-0.2, -0.15) is 0 Å². The summed E-state index contributed by atoms with van der Waals surface area (Å²) < 4.78 is 5.28. The Balaban J connectivity index is 1.34. The molecule has 14 bridgehead atoms. The Morgan fingerprint density at radius 1 is 0.385 bits per heavy atom. The summed E-state index contributed by atoms with van der Waals surface area (Å²) in [7, 11) is 0. The highest BCUT2D eigenvalue weighted by Crippen LogP contribution is 2.53. The number of hydrogen-bond acceptors (Lipinski definition) is 0. The lowest BCUT2D eigenvalue weighted by Gasteiger charge is -2.38. The predicted octanol–water partition coefficient (Wildman–Crippen LogP) is 9.72. The molecule has 2 saturated carbocycles. The molecule has 2 aromatic heterocycles. The molecule has 0 saturated heterocycles. The summed E-state index contributed by atoms with van der Waals surface area (Å²) in [5, 5.41) is 5.93. The van der Waals surface area contributed by atoms with E-state index in [0.29, 0.717) is 23.7 Å². The van der Waals surface area contributed by atoms with Crippen LogP contribution < -0.4 is 0 Å². The Hall–Kier alpha value is -3.52. The Morgan fingerprint density at radius 2 is 0.692 bits per heavy atom. The summed E-state index contributed by atoms with van der Waals surface area (Å²) in [6.45, 7) is 2.21. The number of rotatable bonds is 0. The van der Waals surface area contributed by atoms with Crippen LogP contribution in [-0.4, -0.2) is 9.13 Å². The molecule has 0 amide bonds. The van der Waals surface area contributed by atoms with Gasteiger partial charge in [-0.15, -0.1) is 0 Å². The van der Waals surface area contributed by atoms with Crippen LogP contribution in [-0.2, 0) is 13.1 Å². The summed E-state index contributed by atoms with van der Waals surface area (Å²) in [5.41, 5.74) is 11.9. The van der Waals surface area contributed by atoms with E-state index in [2.05, 4.69) is 81.9 Å². The van der Waals surface area contributed by atoms with E-state index < -0.39 is 0 Å². The second-order valence-corrected chi connectivity index (χ2v) is 13.1. The highest BCUT2D eigenvalue weighted by molar-refractivity contribution is 6.09. The first kappa shape index (κ1) is 21.3. The van der Waals surface area contributed by atoms with Crippen molar-refractivity contribution in [1.82, 2.24) is 9.13 Å². The third-order valence-corrected chi connectivity index (χ3v) is 11.4. The fourth-order valence-electron chi connectivity index (χ4n) is 9.00. The van der Waals surface area contributed by atoms with Crippen LogP contribution in [0.4, 0.5) is 0 Å². The normalized spacial score (nSPS) is 25.5. The minimum Gasteiger partial charge on any atom is -0.340 e. The Labute approximate surface area is 229 Å². The van der Waals surface area contributed by atoms with Gasteiger partial charge in [-0.3, -0.25) is 0 Å². The summed E-state index contributed by atoms with van der Waals surface area (Å²) >= 11 is 0. The fourth-order valence-corrected chi connectivity index (χ4v) is 9.00.